The maximum absolute atomic E-state index is 11.9. The van der Waals surface area contributed by atoms with Crippen LogP contribution in [0.4, 0.5) is 17.3 Å². The number of carboxylic acids is 1. The molecule has 0 spiro atoms. The van der Waals surface area contributed by atoms with Crippen LogP contribution in [0.25, 0.3) is 0 Å². The van der Waals surface area contributed by atoms with Crippen LogP contribution in [-0.2, 0) is 4.74 Å². The molecule has 6 rings (SSSR count). The lowest BCUT2D eigenvalue weighted by molar-refractivity contribution is -0.165. The third-order valence-corrected chi connectivity index (χ3v) is 7.11. The number of aromatic carboxylic acids is 1. The second-order valence-electron chi connectivity index (χ2n) is 9.22. The number of anilines is 3. The van der Waals surface area contributed by atoms with E-state index in [0.717, 1.165) is 32.1 Å². The van der Waals surface area contributed by atoms with Crippen LogP contribution >= 0.6 is 0 Å². The number of hydrogen-bond donors (Lipinski definition) is 3. The van der Waals surface area contributed by atoms with E-state index in [0.29, 0.717) is 48.1 Å². The smallest absolute Gasteiger partial charge is 0.339 e. The van der Waals surface area contributed by atoms with E-state index in [2.05, 4.69) is 31.7 Å². The zero-order chi connectivity index (χ0) is 22.1. The molecule has 3 unspecified atom stereocenters. The predicted molar refractivity (Wildman–Crippen MR) is 116 cm³/mol. The van der Waals surface area contributed by atoms with Gasteiger partial charge in [0.1, 0.15) is 17.2 Å². The first kappa shape index (κ1) is 20.6. The van der Waals surface area contributed by atoms with E-state index in [1.165, 1.54) is 6.20 Å². The van der Waals surface area contributed by atoms with Crippen LogP contribution in [-0.4, -0.2) is 44.3 Å². The SMILES string of the molecule is N#CCCOC12CC3C[C@H](C1)C(Nc1cc(Nc4cnccn4)ncc1C(=O)O)[C@@H](C3)C2. The van der Waals surface area contributed by atoms with Crippen molar-refractivity contribution in [3.63, 3.8) is 0 Å². The molecule has 4 saturated carbocycles. The molecular weight excluding hydrogens is 408 g/mol. The number of ether oxygens (including phenoxy) is 1. The summed E-state index contributed by atoms with van der Waals surface area (Å²) in [5.74, 6) is 1.55. The molecule has 2 heterocycles. The summed E-state index contributed by atoms with van der Waals surface area (Å²) in [7, 11) is 0. The fourth-order valence-corrected chi connectivity index (χ4v) is 6.16. The largest absolute Gasteiger partial charge is 0.478 e. The molecule has 4 bridgehead atoms. The summed E-state index contributed by atoms with van der Waals surface area (Å²) in [5, 5.41) is 25.2. The van der Waals surface area contributed by atoms with Crippen molar-refractivity contribution in [3.8, 4) is 6.07 Å². The maximum atomic E-state index is 11.9. The number of aromatic nitrogens is 3. The molecule has 4 aliphatic carbocycles. The molecule has 0 saturated heterocycles. The first-order chi connectivity index (χ1) is 15.5. The second-order valence-corrected chi connectivity index (χ2v) is 9.22. The number of carboxylic acid groups (broad SMARTS) is 1. The van der Waals surface area contributed by atoms with E-state index in [4.69, 9.17) is 10.00 Å². The van der Waals surface area contributed by atoms with Gasteiger partial charge in [-0.3, -0.25) is 4.98 Å². The normalized spacial score (nSPS) is 30.0. The molecule has 3 N–H and O–H groups in total. The molecule has 32 heavy (non-hydrogen) atoms. The highest BCUT2D eigenvalue weighted by Gasteiger charge is 2.56. The van der Waals surface area contributed by atoms with Gasteiger partial charge in [0.05, 0.1) is 36.6 Å². The number of carbonyl (C=O) groups is 1. The summed E-state index contributed by atoms with van der Waals surface area (Å²) < 4.78 is 6.25. The summed E-state index contributed by atoms with van der Waals surface area (Å²) in [5.41, 5.74) is 0.609. The van der Waals surface area contributed by atoms with E-state index in [9.17, 15) is 9.90 Å². The Morgan fingerprint density at radius 3 is 2.69 bits per heavy atom. The van der Waals surface area contributed by atoms with Crippen molar-refractivity contribution in [1.82, 2.24) is 15.0 Å². The summed E-state index contributed by atoms with van der Waals surface area (Å²) in [4.78, 5) is 24.3. The molecule has 0 aromatic carbocycles. The molecule has 5 atom stereocenters. The number of nitriles is 1. The summed E-state index contributed by atoms with van der Waals surface area (Å²) in [6.45, 7) is 0.492. The van der Waals surface area contributed by atoms with Crippen molar-refractivity contribution in [1.29, 1.82) is 5.26 Å². The van der Waals surface area contributed by atoms with Crippen molar-refractivity contribution in [2.45, 2.75) is 50.2 Å². The Morgan fingerprint density at radius 1 is 1.19 bits per heavy atom. The standard InChI is InChI=1S/C23H26N6O3/c24-2-1-5-32-23-9-14-6-15(10-23)21(16(7-14)11-23)28-18-8-19(27-12-17(18)22(30)31)29-20-13-25-3-4-26-20/h3-4,8,12-16,21H,1,5-7,9-11H2,(H,30,31)(H2,26,27,28,29)/t14?,15-,16+,21?,23?. The van der Waals surface area contributed by atoms with Crippen molar-refractivity contribution < 1.29 is 14.6 Å². The lowest BCUT2D eigenvalue weighted by Crippen LogP contribution is -2.60. The van der Waals surface area contributed by atoms with Crippen molar-refractivity contribution >= 4 is 23.3 Å². The predicted octanol–water partition coefficient (Wildman–Crippen LogP) is 3.60. The Kier molecular flexibility index (Phi) is 5.39. The molecule has 0 amide bonds. The summed E-state index contributed by atoms with van der Waals surface area (Å²) in [6.07, 6.45) is 11.8. The zero-order valence-electron chi connectivity index (χ0n) is 17.7. The maximum Gasteiger partial charge on any atom is 0.339 e. The first-order valence-corrected chi connectivity index (χ1v) is 11.1. The Labute approximate surface area is 186 Å². The minimum Gasteiger partial charge on any atom is -0.478 e. The van der Waals surface area contributed by atoms with Crippen LogP contribution in [0, 0.1) is 29.1 Å². The molecule has 0 aliphatic heterocycles. The quantitative estimate of drug-likeness (QED) is 0.533. The van der Waals surface area contributed by atoms with Gasteiger partial charge < -0.3 is 20.5 Å². The highest BCUT2D eigenvalue weighted by atomic mass is 16.5. The Bertz CT molecular complexity index is 1020. The first-order valence-electron chi connectivity index (χ1n) is 11.1. The third kappa shape index (κ3) is 3.98. The van der Waals surface area contributed by atoms with Crippen molar-refractivity contribution in [2.24, 2.45) is 17.8 Å². The van der Waals surface area contributed by atoms with Crippen LogP contribution in [0.15, 0.2) is 30.9 Å². The fourth-order valence-electron chi connectivity index (χ4n) is 6.16. The average Bonchev–Trinajstić information content (AvgIpc) is 2.76. The topological polar surface area (TPSA) is 133 Å². The number of rotatable bonds is 8. The molecule has 2 aromatic rings. The second kappa shape index (κ2) is 8.36. The zero-order valence-corrected chi connectivity index (χ0v) is 17.7. The van der Waals surface area contributed by atoms with Gasteiger partial charge in [-0.15, -0.1) is 0 Å². The number of pyridine rings is 1. The van der Waals surface area contributed by atoms with Gasteiger partial charge in [0.2, 0.25) is 0 Å². The fraction of sp³-hybridized carbons (Fsp3) is 0.522. The van der Waals surface area contributed by atoms with Crippen LogP contribution in [0.2, 0.25) is 0 Å². The molecule has 4 aliphatic rings. The highest BCUT2D eigenvalue weighted by molar-refractivity contribution is 5.94. The van der Waals surface area contributed by atoms with E-state index in [1.54, 1.807) is 24.7 Å². The number of nitrogens with one attached hydrogen (secondary N) is 2. The molecule has 9 nitrogen and oxygen atoms in total. The number of hydrogen-bond acceptors (Lipinski definition) is 8. The van der Waals surface area contributed by atoms with Gasteiger partial charge in [0, 0.05) is 30.7 Å². The van der Waals surface area contributed by atoms with Crippen molar-refractivity contribution in [2.75, 3.05) is 17.2 Å². The summed E-state index contributed by atoms with van der Waals surface area (Å²) in [6, 6.07) is 4.10. The van der Waals surface area contributed by atoms with E-state index < -0.39 is 5.97 Å². The Morgan fingerprint density at radius 2 is 2.00 bits per heavy atom. The van der Waals surface area contributed by atoms with Crippen LogP contribution in [0.1, 0.15) is 48.9 Å². The average molecular weight is 435 g/mol. The van der Waals surface area contributed by atoms with Crippen LogP contribution in [0.5, 0.6) is 0 Å². The van der Waals surface area contributed by atoms with Gasteiger partial charge in [-0.1, -0.05) is 0 Å². The van der Waals surface area contributed by atoms with Gasteiger partial charge in [-0.2, -0.15) is 5.26 Å². The van der Waals surface area contributed by atoms with Crippen molar-refractivity contribution in [3.05, 3.63) is 36.4 Å². The lowest BCUT2D eigenvalue weighted by atomic mass is 9.52. The van der Waals surface area contributed by atoms with E-state index in [1.807, 2.05) is 0 Å². The molecule has 2 aromatic heterocycles. The van der Waals surface area contributed by atoms with Gasteiger partial charge >= 0.3 is 5.97 Å². The minimum absolute atomic E-state index is 0.113. The number of nitrogens with zero attached hydrogens (tertiary/aromatic N) is 4. The van der Waals surface area contributed by atoms with E-state index in [-0.39, 0.29) is 17.2 Å². The molecule has 4 fully saturated rings. The monoisotopic (exact) mass is 434 g/mol. The van der Waals surface area contributed by atoms with Gasteiger partial charge in [-0.05, 0) is 49.9 Å². The van der Waals surface area contributed by atoms with Gasteiger partial charge in [0.25, 0.3) is 0 Å². The Hall–Kier alpha value is -3.25. The molecule has 9 heteroatoms. The molecule has 166 valence electrons. The van der Waals surface area contributed by atoms with Crippen LogP contribution < -0.4 is 10.6 Å². The minimum atomic E-state index is -1.01. The Balaban J connectivity index is 1.36. The van der Waals surface area contributed by atoms with Crippen LogP contribution in [0.3, 0.4) is 0 Å². The molecular formula is C23H26N6O3. The van der Waals surface area contributed by atoms with Gasteiger partial charge in [-0.25, -0.2) is 14.8 Å². The highest BCUT2D eigenvalue weighted by Crippen LogP contribution is 2.57. The lowest BCUT2D eigenvalue weighted by Gasteiger charge is -2.59. The van der Waals surface area contributed by atoms with Gasteiger partial charge in [0.15, 0.2) is 0 Å². The summed E-state index contributed by atoms with van der Waals surface area (Å²) >= 11 is 0. The van der Waals surface area contributed by atoms with E-state index >= 15 is 0 Å². The third-order valence-electron chi connectivity index (χ3n) is 7.11. The molecule has 0 radical (unpaired) electrons.